The Hall–Kier alpha value is -0.350. The van der Waals surface area contributed by atoms with Gasteiger partial charge in [-0.1, -0.05) is 6.07 Å². The first kappa shape index (κ1) is 10.7. The highest BCUT2D eigenvalue weighted by molar-refractivity contribution is 8.02. The van der Waals surface area contributed by atoms with Crippen LogP contribution in [0.15, 0.2) is 23.2 Å². The predicted molar refractivity (Wildman–Crippen MR) is 59.9 cm³/mol. The minimum atomic E-state index is 0.689. The largest absolute Gasteiger partial charge is 0.481 e. The Morgan fingerprint density at radius 2 is 2.23 bits per heavy atom. The predicted octanol–water partition coefficient (Wildman–Crippen LogP) is 2.55. The summed E-state index contributed by atoms with van der Waals surface area (Å²) in [4.78, 5) is 4.29. The summed E-state index contributed by atoms with van der Waals surface area (Å²) in [5.41, 5.74) is 0. The lowest BCUT2D eigenvalue weighted by molar-refractivity contribution is 0.394. The van der Waals surface area contributed by atoms with Gasteiger partial charge < -0.3 is 4.74 Å². The molecule has 2 nitrogen and oxygen atoms in total. The normalized spacial score (nSPS) is 10.0. The van der Waals surface area contributed by atoms with Gasteiger partial charge in [0.2, 0.25) is 5.88 Å². The zero-order valence-electron chi connectivity index (χ0n) is 7.82. The lowest BCUT2D eigenvalue weighted by Crippen LogP contribution is -1.89. The number of nitrogens with zero attached hydrogens (tertiary/aromatic N) is 1. The minimum Gasteiger partial charge on any atom is -0.481 e. The van der Waals surface area contributed by atoms with Gasteiger partial charge in [0.15, 0.2) is 0 Å². The summed E-state index contributed by atoms with van der Waals surface area (Å²) >= 11 is 3.61. The Labute approximate surface area is 87.5 Å². The third kappa shape index (κ3) is 3.91. The Balaban J connectivity index is 2.46. The van der Waals surface area contributed by atoms with Crippen LogP contribution in [-0.4, -0.2) is 29.9 Å². The molecule has 0 fully saturated rings. The van der Waals surface area contributed by atoms with Crippen LogP contribution in [0.4, 0.5) is 0 Å². The molecule has 0 saturated heterocycles. The van der Waals surface area contributed by atoms with Crippen molar-refractivity contribution in [2.45, 2.75) is 5.03 Å². The van der Waals surface area contributed by atoms with E-state index in [1.54, 1.807) is 18.9 Å². The van der Waals surface area contributed by atoms with Crippen molar-refractivity contribution in [3.8, 4) is 5.88 Å². The molecule has 0 atom stereocenters. The van der Waals surface area contributed by atoms with Crippen LogP contribution in [0.1, 0.15) is 0 Å². The van der Waals surface area contributed by atoms with Crippen LogP contribution >= 0.6 is 23.5 Å². The van der Waals surface area contributed by atoms with Gasteiger partial charge in [0.1, 0.15) is 5.03 Å². The molecule has 4 heteroatoms. The molecule has 13 heavy (non-hydrogen) atoms. The Morgan fingerprint density at radius 1 is 1.38 bits per heavy atom. The fraction of sp³-hybridized carbons (Fsp3) is 0.444. The number of thioether (sulfide) groups is 2. The smallest absolute Gasteiger partial charge is 0.213 e. The quantitative estimate of drug-likeness (QED) is 0.556. The third-order valence-corrected chi connectivity index (χ3v) is 3.25. The molecule has 0 aliphatic carbocycles. The van der Waals surface area contributed by atoms with E-state index in [4.69, 9.17) is 4.74 Å². The first-order chi connectivity index (χ1) is 6.36. The molecule has 0 aromatic carbocycles. The summed E-state index contributed by atoms with van der Waals surface area (Å²) in [6, 6.07) is 5.83. The molecule has 1 rings (SSSR count). The SMILES string of the molecule is COc1cccc(SCCSC)n1. The van der Waals surface area contributed by atoms with Crippen LogP contribution in [0.5, 0.6) is 5.88 Å². The van der Waals surface area contributed by atoms with Gasteiger partial charge in [-0.2, -0.15) is 11.8 Å². The number of methoxy groups -OCH3 is 1. The van der Waals surface area contributed by atoms with Crippen molar-refractivity contribution >= 4 is 23.5 Å². The highest BCUT2D eigenvalue weighted by atomic mass is 32.2. The summed E-state index contributed by atoms with van der Waals surface area (Å²) in [7, 11) is 1.64. The Bertz CT molecular complexity index is 255. The van der Waals surface area contributed by atoms with Gasteiger partial charge in [-0.25, -0.2) is 4.98 Å². The van der Waals surface area contributed by atoms with E-state index >= 15 is 0 Å². The van der Waals surface area contributed by atoms with Gasteiger partial charge >= 0.3 is 0 Å². The van der Waals surface area contributed by atoms with Gasteiger partial charge in [-0.05, 0) is 12.3 Å². The average Bonchev–Trinajstić information content (AvgIpc) is 2.19. The Kier molecular flexibility index (Phi) is 5.08. The molecule has 0 radical (unpaired) electrons. The molecular formula is C9H13NOS2. The van der Waals surface area contributed by atoms with E-state index in [2.05, 4.69) is 11.2 Å². The van der Waals surface area contributed by atoms with Crippen molar-refractivity contribution in [1.29, 1.82) is 0 Å². The van der Waals surface area contributed by atoms with E-state index in [1.165, 1.54) is 0 Å². The van der Waals surface area contributed by atoms with Crippen LogP contribution in [0, 0.1) is 0 Å². The fourth-order valence-electron chi connectivity index (χ4n) is 0.820. The van der Waals surface area contributed by atoms with E-state index in [1.807, 2.05) is 30.0 Å². The van der Waals surface area contributed by atoms with Crippen LogP contribution in [0.25, 0.3) is 0 Å². The summed E-state index contributed by atoms with van der Waals surface area (Å²) in [5, 5.41) is 1.04. The van der Waals surface area contributed by atoms with Gasteiger partial charge in [-0.3, -0.25) is 0 Å². The highest BCUT2D eigenvalue weighted by Gasteiger charge is 1.97. The maximum Gasteiger partial charge on any atom is 0.213 e. The van der Waals surface area contributed by atoms with Crippen molar-refractivity contribution < 1.29 is 4.74 Å². The van der Waals surface area contributed by atoms with Crippen molar-refractivity contribution in [3.63, 3.8) is 0 Å². The van der Waals surface area contributed by atoms with E-state index in [-0.39, 0.29) is 0 Å². The Morgan fingerprint density at radius 3 is 2.92 bits per heavy atom. The van der Waals surface area contributed by atoms with Gasteiger partial charge in [0.05, 0.1) is 7.11 Å². The second-order valence-corrected chi connectivity index (χ2v) is 4.46. The molecule has 0 N–H and O–H groups in total. The minimum absolute atomic E-state index is 0.689. The molecule has 1 aromatic rings. The van der Waals surface area contributed by atoms with Gasteiger partial charge in [0, 0.05) is 17.6 Å². The molecule has 1 aromatic heterocycles. The van der Waals surface area contributed by atoms with Crippen molar-refractivity contribution in [1.82, 2.24) is 4.98 Å². The first-order valence-electron chi connectivity index (χ1n) is 3.99. The summed E-state index contributed by atoms with van der Waals surface area (Å²) < 4.78 is 5.03. The van der Waals surface area contributed by atoms with Crippen LogP contribution in [-0.2, 0) is 0 Å². The number of aromatic nitrogens is 1. The second kappa shape index (κ2) is 6.16. The van der Waals surface area contributed by atoms with Crippen molar-refractivity contribution in [2.24, 2.45) is 0 Å². The lowest BCUT2D eigenvalue weighted by Gasteiger charge is -2.01. The van der Waals surface area contributed by atoms with Crippen molar-refractivity contribution in [2.75, 3.05) is 24.9 Å². The molecule has 0 saturated carbocycles. The zero-order chi connectivity index (χ0) is 9.52. The summed E-state index contributed by atoms with van der Waals surface area (Å²) in [5.74, 6) is 2.94. The number of hydrogen-bond acceptors (Lipinski definition) is 4. The number of pyridine rings is 1. The molecule has 0 aliphatic rings. The molecule has 72 valence electrons. The number of hydrogen-bond donors (Lipinski definition) is 0. The van der Waals surface area contributed by atoms with Crippen LogP contribution in [0.2, 0.25) is 0 Å². The van der Waals surface area contributed by atoms with E-state index < -0.39 is 0 Å². The maximum atomic E-state index is 5.03. The molecular weight excluding hydrogens is 202 g/mol. The first-order valence-corrected chi connectivity index (χ1v) is 6.37. The highest BCUT2D eigenvalue weighted by Crippen LogP contribution is 2.18. The number of ether oxygens (including phenoxy) is 1. The fourth-order valence-corrected chi connectivity index (χ4v) is 2.36. The van der Waals surface area contributed by atoms with Crippen molar-refractivity contribution in [3.05, 3.63) is 18.2 Å². The molecule has 0 aliphatic heterocycles. The maximum absolute atomic E-state index is 5.03. The zero-order valence-corrected chi connectivity index (χ0v) is 9.45. The van der Waals surface area contributed by atoms with Crippen LogP contribution in [0.3, 0.4) is 0 Å². The second-order valence-electron chi connectivity index (χ2n) is 2.36. The number of rotatable bonds is 5. The van der Waals surface area contributed by atoms with E-state index in [0.29, 0.717) is 5.88 Å². The van der Waals surface area contributed by atoms with Gasteiger partial charge in [0.25, 0.3) is 0 Å². The lowest BCUT2D eigenvalue weighted by atomic mass is 10.5. The third-order valence-electron chi connectivity index (χ3n) is 1.44. The molecule has 0 unspecified atom stereocenters. The van der Waals surface area contributed by atoms with E-state index in [9.17, 15) is 0 Å². The molecule has 0 bridgehead atoms. The topological polar surface area (TPSA) is 22.1 Å². The van der Waals surface area contributed by atoms with Crippen LogP contribution < -0.4 is 4.74 Å². The van der Waals surface area contributed by atoms with E-state index in [0.717, 1.165) is 16.5 Å². The summed E-state index contributed by atoms with van der Waals surface area (Å²) in [6.45, 7) is 0. The molecule has 0 amide bonds. The van der Waals surface area contributed by atoms with Gasteiger partial charge in [-0.15, -0.1) is 11.8 Å². The molecule has 1 heterocycles. The molecule has 0 spiro atoms. The monoisotopic (exact) mass is 215 g/mol. The summed E-state index contributed by atoms with van der Waals surface area (Å²) in [6.07, 6.45) is 2.11. The average molecular weight is 215 g/mol. The standard InChI is InChI=1S/C9H13NOS2/c1-11-8-4-3-5-9(10-8)13-7-6-12-2/h3-5H,6-7H2,1-2H3.